The molecule has 134 valence electrons. The van der Waals surface area contributed by atoms with E-state index in [1.807, 2.05) is 0 Å². The first-order valence-corrected chi connectivity index (χ1v) is 9.81. The Morgan fingerprint density at radius 2 is 2.04 bits per heavy atom. The lowest BCUT2D eigenvalue weighted by atomic mass is 9.78. The minimum absolute atomic E-state index is 0.246. The fourth-order valence-electron chi connectivity index (χ4n) is 3.90. The maximum Gasteiger partial charge on any atom is 0.245 e. The number of ether oxygens (including phenoxy) is 2. The Kier molecular flexibility index (Phi) is 5.24. The summed E-state index contributed by atoms with van der Waals surface area (Å²) in [5.41, 5.74) is -0.250. The number of sulfonamides is 1. The van der Waals surface area contributed by atoms with Crippen LogP contribution in [0.2, 0.25) is 0 Å². The molecule has 7 heteroatoms. The summed E-state index contributed by atoms with van der Waals surface area (Å²) >= 11 is 0. The number of nitrogens with zero attached hydrogens (tertiary/aromatic N) is 1. The summed E-state index contributed by atoms with van der Waals surface area (Å²) in [6, 6.07) is 5.54. The van der Waals surface area contributed by atoms with Crippen LogP contribution in [0.1, 0.15) is 25.7 Å². The van der Waals surface area contributed by atoms with E-state index in [1.165, 1.54) is 22.5 Å². The van der Waals surface area contributed by atoms with Crippen LogP contribution in [0.15, 0.2) is 29.2 Å². The summed E-state index contributed by atoms with van der Waals surface area (Å²) in [5.74, 6) is -0.302. The van der Waals surface area contributed by atoms with Crippen molar-refractivity contribution in [1.82, 2.24) is 4.31 Å². The lowest BCUT2D eigenvalue weighted by molar-refractivity contribution is -0.0603. The van der Waals surface area contributed by atoms with Crippen LogP contribution in [-0.4, -0.2) is 51.7 Å². The number of halogens is 1. The van der Waals surface area contributed by atoms with Gasteiger partial charge in [0.25, 0.3) is 0 Å². The molecule has 2 heterocycles. The minimum atomic E-state index is -3.80. The largest absolute Gasteiger partial charge is 0.385 e. The highest BCUT2D eigenvalue weighted by Crippen LogP contribution is 2.43. The molecular formula is C17H24FNO4S. The zero-order chi connectivity index (χ0) is 17.2. The van der Waals surface area contributed by atoms with E-state index < -0.39 is 15.8 Å². The Morgan fingerprint density at radius 3 is 2.71 bits per heavy atom. The van der Waals surface area contributed by atoms with Crippen molar-refractivity contribution < 1.29 is 22.3 Å². The van der Waals surface area contributed by atoms with Crippen LogP contribution in [0, 0.1) is 11.7 Å². The molecule has 1 spiro atoms. The van der Waals surface area contributed by atoms with Gasteiger partial charge in [0.05, 0.1) is 5.60 Å². The molecular weight excluding hydrogens is 333 g/mol. The standard InChI is InChI=1S/C17H24FNO4S/c1-22-12-6-14-7-13-23-17(14)8-10-19(11-9-17)24(20,21)16-5-3-2-4-15(16)18/h2-5,14H,6-13H2,1H3. The van der Waals surface area contributed by atoms with Gasteiger partial charge in [0.2, 0.25) is 10.0 Å². The van der Waals surface area contributed by atoms with Crippen molar-refractivity contribution in [1.29, 1.82) is 0 Å². The van der Waals surface area contributed by atoms with Crippen molar-refractivity contribution in [2.75, 3.05) is 33.4 Å². The van der Waals surface area contributed by atoms with Gasteiger partial charge in [-0.3, -0.25) is 0 Å². The van der Waals surface area contributed by atoms with E-state index in [0.717, 1.165) is 12.8 Å². The van der Waals surface area contributed by atoms with Crippen molar-refractivity contribution in [2.24, 2.45) is 5.92 Å². The fraction of sp³-hybridized carbons (Fsp3) is 0.647. The molecule has 0 bridgehead atoms. The molecule has 24 heavy (non-hydrogen) atoms. The second-order valence-corrected chi connectivity index (χ2v) is 8.42. The van der Waals surface area contributed by atoms with Gasteiger partial charge in [-0.2, -0.15) is 4.31 Å². The van der Waals surface area contributed by atoms with Crippen LogP contribution in [0.25, 0.3) is 0 Å². The van der Waals surface area contributed by atoms with Crippen molar-refractivity contribution in [3.05, 3.63) is 30.1 Å². The Morgan fingerprint density at radius 1 is 1.33 bits per heavy atom. The van der Waals surface area contributed by atoms with E-state index in [9.17, 15) is 12.8 Å². The fourth-order valence-corrected chi connectivity index (χ4v) is 5.41. The number of benzene rings is 1. The summed E-state index contributed by atoms with van der Waals surface area (Å²) in [4.78, 5) is -0.246. The van der Waals surface area contributed by atoms with Crippen molar-refractivity contribution in [2.45, 2.75) is 36.2 Å². The molecule has 0 aromatic heterocycles. The molecule has 2 aliphatic heterocycles. The Bertz CT molecular complexity index is 671. The van der Waals surface area contributed by atoms with Gasteiger partial charge in [-0.1, -0.05) is 12.1 Å². The molecule has 0 N–H and O–H groups in total. The number of rotatable bonds is 5. The molecule has 1 aromatic rings. The predicted molar refractivity (Wildman–Crippen MR) is 87.7 cm³/mol. The Hall–Kier alpha value is -1.02. The molecule has 1 atom stereocenters. The summed E-state index contributed by atoms with van der Waals surface area (Å²) in [6.45, 7) is 2.13. The zero-order valence-corrected chi connectivity index (χ0v) is 14.7. The smallest absolute Gasteiger partial charge is 0.245 e. The topological polar surface area (TPSA) is 55.8 Å². The summed E-state index contributed by atoms with van der Waals surface area (Å²) in [5, 5.41) is 0. The molecule has 5 nitrogen and oxygen atoms in total. The van der Waals surface area contributed by atoms with E-state index in [-0.39, 0.29) is 10.5 Å². The molecule has 1 aromatic carbocycles. The molecule has 1 unspecified atom stereocenters. The van der Waals surface area contributed by atoms with Gasteiger partial charge in [0.1, 0.15) is 10.7 Å². The van der Waals surface area contributed by atoms with E-state index in [4.69, 9.17) is 9.47 Å². The van der Waals surface area contributed by atoms with Crippen LogP contribution >= 0.6 is 0 Å². The monoisotopic (exact) mass is 357 g/mol. The normalized spacial score (nSPS) is 24.5. The van der Waals surface area contributed by atoms with Gasteiger partial charge < -0.3 is 9.47 Å². The maximum absolute atomic E-state index is 13.9. The van der Waals surface area contributed by atoms with Crippen molar-refractivity contribution in [3.8, 4) is 0 Å². The molecule has 0 amide bonds. The maximum atomic E-state index is 13.9. The van der Waals surface area contributed by atoms with Crippen LogP contribution < -0.4 is 0 Å². The van der Waals surface area contributed by atoms with Gasteiger partial charge in [-0.05, 0) is 43.7 Å². The Balaban J connectivity index is 1.72. The van der Waals surface area contributed by atoms with Gasteiger partial charge in [0, 0.05) is 33.4 Å². The van der Waals surface area contributed by atoms with Crippen LogP contribution in [-0.2, 0) is 19.5 Å². The van der Waals surface area contributed by atoms with Crippen molar-refractivity contribution >= 4 is 10.0 Å². The van der Waals surface area contributed by atoms with Crippen LogP contribution in [0.3, 0.4) is 0 Å². The Labute approximate surface area is 142 Å². The van der Waals surface area contributed by atoms with Crippen LogP contribution in [0.5, 0.6) is 0 Å². The highest BCUT2D eigenvalue weighted by atomic mass is 32.2. The first kappa shape index (κ1) is 17.8. The molecule has 2 aliphatic rings. The van der Waals surface area contributed by atoms with Crippen molar-refractivity contribution in [3.63, 3.8) is 0 Å². The van der Waals surface area contributed by atoms with Gasteiger partial charge in [-0.15, -0.1) is 0 Å². The van der Waals surface area contributed by atoms with E-state index in [2.05, 4.69) is 0 Å². The number of hydrogen-bond donors (Lipinski definition) is 0. The molecule has 0 saturated carbocycles. The quantitative estimate of drug-likeness (QED) is 0.812. The van der Waals surface area contributed by atoms with E-state index in [1.54, 1.807) is 13.2 Å². The molecule has 2 fully saturated rings. The minimum Gasteiger partial charge on any atom is -0.385 e. The summed E-state index contributed by atoms with van der Waals surface area (Å²) < 4.78 is 51.9. The first-order valence-electron chi connectivity index (χ1n) is 8.37. The molecule has 3 rings (SSSR count). The molecule has 0 radical (unpaired) electrons. The first-order chi connectivity index (χ1) is 11.5. The van der Waals surface area contributed by atoms with Gasteiger partial charge in [-0.25, -0.2) is 12.8 Å². The predicted octanol–water partition coefficient (Wildman–Crippen LogP) is 2.42. The third kappa shape index (κ3) is 3.22. The third-order valence-electron chi connectivity index (χ3n) is 5.29. The number of methoxy groups -OCH3 is 1. The number of piperidine rings is 1. The van der Waals surface area contributed by atoms with E-state index >= 15 is 0 Å². The summed E-state index contributed by atoms with van der Waals surface area (Å²) in [6.07, 6.45) is 3.21. The number of hydrogen-bond acceptors (Lipinski definition) is 4. The average molecular weight is 357 g/mol. The second kappa shape index (κ2) is 7.07. The SMILES string of the molecule is COCCC1CCOC12CCN(S(=O)(=O)c1ccccc1F)CC2. The zero-order valence-electron chi connectivity index (χ0n) is 13.9. The van der Waals surface area contributed by atoms with Gasteiger partial charge >= 0.3 is 0 Å². The lowest BCUT2D eigenvalue weighted by Gasteiger charge is -2.41. The molecule has 2 saturated heterocycles. The highest BCUT2D eigenvalue weighted by Gasteiger charge is 2.47. The molecule has 0 aliphatic carbocycles. The van der Waals surface area contributed by atoms with Crippen LogP contribution in [0.4, 0.5) is 4.39 Å². The highest BCUT2D eigenvalue weighted by molar-refractivity contribution is 7.89. The average Bonchev–Trinajstić information content (AvgIpc) is 2.95. The van der Waals surface area contributed by atoms with Gasteiger partial charge in [0.15, 0.2) is 0 Å². The lowest BCUT2D eigenvalue weighted by Crippen LogP contribution is -2.49. The summed E-state index contributed by atoms with van der Waals surface area (Å²) in [7, 11) is -2.11. The second-order valence-electron chi connectivity index (χ2n) is 6.51. The third-order valence-corrected chi connectivity index (χ3v) is 7.23. The van der Waals surface area contributed by atoms with E-state index in [0.29, 0.717) is 45.1 Å².